The second kappa shape index (κ2) is 13.8. The highest BCUT2D eigenvalue weighted by Gasteiger charge is 2.19. The Labute approximate surface area is 193 Å². The van der Waals surface area contributed by atoms with Crippen molar-refractivity contribution in [3.8, 4) is 5.88 Å². The fraction of sp³-hybridized carbons (Fsp3) is 0.636. The molecule has 6 nitrogen and oxygen atoms in total. The van der Waals surface area contributed by atoms with Crippen LogP contribution in [0.15, 0.2) is 36.0 Å². The Balaban J connectivity index is 0.00000420. The molecular formula is C22H38IN5O. The highest BCUT2D eigenvalue weighted by Crippen LogP contribution is 2.15. The Kier molecular flexibility index (Phi) is 12.2. The lowest BCUT2D eigenvalue weighted by atomic mass is 10.1. The van der Waals surface area contributed by atoms with E-state index in [1.807, 2.05) is 25.3 Å². The van der Waals surface area contributed by atoms with Crippen molar-refractivity contribution >= 4 is 29.9 Å². The molecule has 1 aliphatic rings. The van der Waals surface area contributed by atoms with E-state index in [-0.39, 0.29) is 30.1 Å². The molecule has 0 spiro atoms. The van der Waals surface area contributed by atoms with Gasteiger partial charge in [-0.05, 0) is 43.7 Å². The summed E-state index contributed by atoms with van der Waals surface area (Å²) in [5.41, 5.74) is 1.13. The van der Waals surface area contributed by atoms with Crippen molar-refractivity contribution in [2.75, 3.05) is 26.7 Å². The van der Waals surface area contributed by atoms with Gasteiger partial charge in [-0.15, -0.1) is 30.6 Å². The topological polar surface area (TPSA) is 61.8 Å². The number of rotatable bonds is 9. The summed E-state index contributed by atoms with van der Waals surface area (Å²) in [5.74, 6) is 2.14. The van der Waals surface area contributed by atoms with Crippen LogP contribution in [-0.2, 0) is 6.54 Å². The van der Waals surface area contributed by atoms with Crippen molar-refractivity contribution in [3.63, 3.8) is 0 Å². The number of ether oxygens (including phenoxy) is 1. The van der Waals surface area contributed by atoms with E-state index in [4.69, 9.17) is 4.74 Å². The summed E-state index contributed by atoms with van der Waals surface area (Å²) in [4.78, 5) is 11.1. The summed E-state index contributed by atoms with van der Waals surface area (Å²) < 4.78 is 5.95. The van der Waals surface area contributed by atoms with Crippen LogP contribution < -0.4 is 15.4 Å². The molecule has 0 bridgehead atoms. The van der Waals surface area contributed by atoms with Crippen molar-refractivity contribution in [1.82, 2.24) is 20.5 Å². The number of likely N-dealkylation sites (tertiary alicyclic amines) is 1. The molecular weight excluding hydrogens is 477 g/mol. The monoisotopic (exact) mass is 515 g/mol. The maximum atomic E-state index is 5.95. The van der Waals surface area contributed by atoms with Crippen LogP contribution in [0.5, 0.6) is 5.88 Å². The normalized spacial score (nSPS) is 16.8. The average Bonchev–Trinajstić information content (AvgIpc) is 2.66. The molecule has 1 aromatic heterocycles. The number of hydrogen-bond donors (Lipinski definition) is 2. The average molecular weight is 515 g/mol. The van der Waals surface area contributed by atoms with Gasteiger partial charge in [0, 0.05) is 51.5 Å². The molecule has 0 aliphatic carbocycles. The minimum atomic E-state index is 0. The van der Waals surface area contributed by atoms with Crippen molar-refractivity contribution in [1.29, 1.82) is 0 Å². The van der Waals surface area contributed by atoms with Crippen molar-refractivity contribution in [2.45, 2.75) is 58.7 Å². The van der Waals surface area contributed by atoms with Gasteiger partial charge in [-0.2, -0.15) is 0 Å². The molecule has 0 aromatic carbocycles. The fourth-order valence-electron chi connectivity index (χ4n) is 3.56. The molecule has 0 radical (unpaired) electrons. The number of guanidine groups is 1. The summed E-state index contributed by atoms with van der Waals surface area (Å²) in [5, 5.41) is 6.95. The summed E-state index contributed by atoms with van der Waals surface area (Å²) in [7, 11) is 1.82. The van der Waals surface area contributed by atoms with Gasteiger partial charge in [0.25, 0.3) is 0 Å². The van der Waals surface area contributed by atoms with E-state index in [0.29, 0.717) is 24.4 Å². The SMILES string of the molecule is C=CCN1CCC(NC(=NC)NCc2ccnc(OC(C)CC(C)C)c2)CC1.I. The van der Waals surface area contributed by atoms with E-state index < -0.39 is 0 Å². The molecule has 1 unspecified atom stereocenters. The summed E-state index contributed by atoms with van der Waals surface area (Å²) in [6.45, 7) is 14.2. The smallest absolute Gasteiger partial charge is 0.213 e. The van der Waals surface area contributed by atoms with Crippen LogP contribution in [0.3, 0.4) is 0 Å². The molecule has 164 valence electrons. The Morgan fingerprint density at radius 1 is 1.38 bits per heavy atom. The molecule has 1 fully saturated rings. The van der Waals surface area contributed by atoms with E-state index in [2.05, 4.69) is 52.9 Å². The zero-order valence-corrected chi connectivity index (χ0v) is 20.7. The molecule has 1 aromatic rings. The molecule has 2 rings (SSSR count). The predicted octanol–water partition coefficient (Wildman–Crippen LogP) is 3.83. The number of hydrogen-bond acceptors (Lipinski definition) is 4. The maximum absolute atomic E-state index is 5.95. The van der Waals surface area contributed by atoms with E-state index in [1.54, 1.807) is 6.20 Å². The molecule has 1 saturated heterocycles. The zero-order valence-electron chi connectivity index (χ0n) is 18.4. The van der Waals surface area contributed by atoms with Crippen LogP contribution in [0.2, 0.25) is 0 Å². The first-order valence-electron chi connectivity index (χ1n) is 10.4. The van der Waals surface area contributed by atoms with Crippen molar-refractivity contribution in [3.05, 3.63) is 36.5 Å². The Morgan fingerprint density at radius 2 is 2.10 bits per heavy atom. The number of nitrogens with one attached hydrogen (secondary N) is 2. The largest absolute Gasteiger partial charge is 0.475 e. The van der Waals surface area contributed by atoms with Crippen LogP contribution in [0, 0.1) is 5.92 Å². The number of halogens is 1. The first-order valence-corrected chi connectivity index (χ1v) is 10.4. The van der Waals surface area contributed by atoms with E-state index in [0.717, 1.165) is 50.4 Å². The molecule has 2 N–H and O–H groups in total. The van der Waals surface area contributed by atoms with Gasteiger partial charge >= 0.3 is 0 Å². The third kappa shape index (κ3) is 9.80. The first kappa shape index (κ1) is 25.7. The molecule has 0 saturated carbocycles. The number of nitrogens with zero attached hydrogens (tertiary/aromatic N) is 3. The van der Waals surface area contributed by atoms with Crippen molar-refractivity contribution < 1.29 is 4.74 Å². The minimum Gasteiger partial charge on any atom is -0.475 e. The summed E-state index contributed by atoms with van der Waals surface area (Å²) >= 11 is 0. The Bertz CT molecular complexity index is 629. The van der Waals surface area contributed by atoms with Gasteiger partial charge in [-0.1, -0.05) is 19.9 Å². The minimum absolute atomic E-state index is 0. The number of piperidine rings is 1. The van der Waals surface area contributed by atoms with E-state index >= 15 is 0 Å². The molecule has 7 heteroatoms. The lowest BCUT2D eigenvalue weighted by molar-refractivity contribution is 0.185. The lowest BCUT2D eigenvalue weighted by Gasteiger charge is -2.32. The standard InChI is InChI=1S/C22H37N5O.HI/c1-6-11-27-12-8-20(9-13-27)26-22(23-5)25-16-19-7-10-24-21(15-19)28-18(4)14-17(2)3;/h6-7,10,15,17-18,20H,1,8-9,11-14,16H2,2-5H3,(H2,23,25,26);1H. The van der Waals surface area contributed by atoms with Gasteiger partial charge in [0.1, 0.15) is 0 Å². The third-order valence-corrected chi connectivity index (χ3v) is 4.92. The third-order valence-electron chi connectivity index (χ3n) is 4.92. The van der Waals surface area contributed by atoms with Crippen LogP contribution in [0.25, 0.3) is 0 Å². The molecule has 29 heavy (non-hydrogen) atoms. The van der Waals surface area contributed by atoms with Crippen LogP contribution in [0.4, 0.5) is 0 Å². The van der Waals surface area contributed by atoms with E-state index in [9.17, 15) is 0 Å². The molecule has 1 atom stereocenters. The number of aromatic nitrogens is 1. The predicted molar refractivity (Wildman–Crippen MR) is 132 cm³/mol. The van der Waals surface area contributed by atoms with E-state index in [1.165, 1.54) is 0 Å². The number of pyridine rings is 1. The van der Waals surface area contributed by atoms with Gasteiger partial charge in [0.05, 0.1) is 6.10 Å². The van der Waals surface area contributed by atoms with Gasteiger partial charge in [0.15, 0.2) is 5.96 Å². The molecule has 1 aliphatic heterocycles. The zero-order chi connectivity index (χ0) is 20.4. The second-order valence-electron chi connectivity index (χ2n) is 7.99. The van der Waals surface area contributed by atoms with Crippen LogP contribution in [0.1, 0.15) is 45.6 Å². The maximum Gasteiger partial charge on any atom is 0.213 e. The van der Waals surface area contributed by atoms with Gasteiger partial charge in [0.2, 0.25) is 5.88 Å². The summed E-state index contributed by atoms with van der Waals surface area (Å²) in [6.07, 6.45) is 7.21. The van der Waals surface area contributed by atoms with Crippen molar-refractivity contribution in [2.24, 2.45) is 10.9 Å². The fourth-order valence-corrected chi connectivity index (χ4v) is 3.56. The van der Waals surface area contributed by atoms with Gasteiger partial charge < -0.3 is 15.4 Å². The Morgan fingerprint density at radius 3 is 2.72 bits per heavy atom. The second-order valence-corrected chi connectivity index (χ2v) is 7.99. The Hall–Kier alpha value is -1.35. The highest BCUT2D eigenvalue weighted by atomic mass is 127. The van der Waals surface area contributed by atoms with Gasteiger partial charge in [-0.3, -0.25) is 9.89 Å². The lowest BCUT2D eigenvalue weighted by Crippen LogP contribution is -2.48. The number of aliphatic imine (C=N–C) groups is 1. The molecule has 2 heterocycles. The first-order chi connectivity index (χ1) is 13.5. The van der Waals surface area contributed by atoms with Crippen LogP contribution in [-0.4, -0.2) is 54.7 Å². The quantitative estimate of drug-likeness (QED) is 0.227. The molecule has 0 amide bonds. The summed E-state index contributed by atoms with van der Waals surface area (Å²) in [6, 6.07) is 4.47. The highest BCUT2D eigenvalue weighted by molar-refractivity contribution is 14.0. The van der Waals surface area contributed by atoms with Crippen LogP contribution >= 0.6 is 24.0 Å². The van der Waals surface area contributed by atoms with Gasteiger partial charge in [-0.25, -0.2) is 4.98 Å².